The van der Waals surface area contributed by atoms with Gasteiger partial charge in [-0.2, -0.15) is 0 Å². The molecule has 0 aromatic heterocycles. The Morgan fingerprint density at radius 2 is 1.62 bits per heavy atom. The molecule has 5 nitrogen and oxygen atoms in total. The van der Waals surface area contributed by atoms with Crippen LogP contribution >= 0.6 is 0 Å². The Bertz CT molecular complexity index is 757. The number of imide groups is 1. The Balaban J connectivity index is 1.60. The zero-order valence-electron chi connectivity index (χ0n) is 18.4. The largest absolute Gasteiger partial charge is 0.327 e. The summed E-state index contributed by atoms with van der Waals surface area (Å²) in [5, 5.41) is 0. The van der Waals surface area contributed by atoms with E-state index in [-0.39, 0.29) is 18.0 Å². The zero-order chi connectivity index (χ0) is 20.8. The van der Waals surface area contributed by atoms with Crippen molar-refractivity contribution >= 4 is 11.9 Å². The summed E-state index contributed by atoms with van der Waals surface area (Å²) >= 11 is 0. The lowest BCUT2D eigenvalue weighted by Crippen LogP contribution is -2.58. The normalized spacial score (nSPS) is 23.5. The van der Waals surface area contributed by atoms with Gasteiger partial charge in [0.15, 0.2) is 0 Å². The molecule has 1 aliphatic carbocycles. The number of hydrogen-bond acceptors (Lipinski definition) is 3. The van der Waals surface area contributed by atoms with Gasteiger partial charge in [0, 0.05) is 31.7 Å². The molecule has 1 aromatic rings. The smallest absolute Gasteiger partial charge is 0.309 e. The molecule has 3 aliphatic rings. The first-order chi connectivity index (χ1) is 13.9. The minimum Gasteiger partial charge on any atom is -0.309 e. The van der Waals surface area contributed by atoms with Crippen LogP contribution in [0.25, 0.3) is 0 Å². The van der Waals surface area contributed by atoms with Crippen LogP contribution in [0, 0.1) is 5.92 Å². The Hall–Kier alpha value is -1.88. The van der Waals surface area contributed by atoms with Crippen LogP contribution in [0.15, 0.2) is 24.3 Å². The average Bonchev–Trinajstić information content (AvgIpc) is 3.21. The minimum absolute atomic E-state index is 0.0333. The number of likely N-dealkylation sites (tertiary alicyclic amines) is 1. The molecule has 4 rings (SSSR count). The van der Waals surface area contributed by atoms with Crippen LogP contribution in [0.1, 0.15) is 58.1 Å². The average molecular weight is 398 g/mol. The third kappa shape index (κ3) is 3.37. The van der Waals surface area contributed by atoms with Crippen LogP contribution in [-0.2, 0) is 17.6 Å². The second-order valence-electron chi connectivity index (χ2n) is 9.62. The first-order valence-electron chi connectivity index (χ1n) is 11.3. The van der Waals surface area contributed by atoms with E-state index in [2.05, 4.69) is 44.7 Å². The Morgan fingerprint density at radius 1 is 1.03 bits per heavy atom. The van der Waals surface area contributed by atoms with Gasteiger partial charge in [0.05, 0.1) is 0 Å². The topological polar surface area (TPSA) is 43.9 Å². The molecule has 0 saturated carbocycles. The third-order valence-corrected chi connectivity index (χ3v) is 7.35. The van der Waals surface area contributed by atoms with Crippen LogP contribution in [0.2, 0.25) is 0 Å². The number of hydrogen-bond donors (Lipinski definition) is 0. The summed E-state index contributed by atoms with van der Waals surface area (Å²) < 4.78 is 0. The van der Waals surface area contributed by atoms with Gasteiger partial charge in [-0.1, -0.05) is 45.0 Å². The van der Waals surface area contributed by atoms with E-state index >= 15 is 0 Å². The lowest BCUT2D eigenvalue weighted by atomic mass is 9.84. The van der Waals surface area contributed by atoms with Gasteiger partial charge in [-0.05, 0) is 56.1 Å². The monoisotopic (exact) mass is 397 g/mol. The summed E-state index contributed by atoms with van der Waals surface area (Å²) in [7, 11) is 0. The standard InChI is InChI=1S/C24H35N3O2/c1-5-18(4)25-12-10-24(11-13-25)22(28)27(23(29)26(24)16-17(2)3)21-14-19-8-6-7-9-20(19)15-21/h6-9,17-18,21H,5,10-16H2,1-4H3/t18-/m1/s1. The Kier molecular flexibility index (Phi) is 5.45. The molecule has 0 unspecified atom stereocenters. The van der Waals surface area contributed by atoms with Crippen molar-refractivity contribution < 1.29 is 9.59 Å². The maximum absolute atomic E-state index is 13.8. The number of piperidine rings is 1. The summed E-state index contributed by atoms with van der Waals surface area (Å²) in [6.45, 7) is 11.2. The highest BCUT2D eigenvalue weighted by Gasteiger charge is 2.59. The number of urea groups is 1. The van der Waals surface area contributed by atoms with Gasteiger partial charge in [-0.25, -0.2) is 4.79 Å². The molecule has 5 heteroatoms. The molecule has 2 aliphatic heterocycles. The number of amides is 3. The van der Waals surface area contributed by atoms with E-state index in [0.29, 0.717) is 18.5 Å². The summed E-state index contributed by atoms with van der Waals surface area (Å²) in [6.07, 6.45) is 4.20. The molecule has 2 fully saturated rings. The SMILES string of the molecule is CC[C@@H](C)N1CCC2(CC1)C(=O)N(C1Cc3ccccc3C1)C(=O)N2CC(C)C. The zero-order valence-corrected chi connectivity index (χ0v) is 18.4. The van der Waals surface area contributed by atoms with Crippen LogP contribution in [0.3, 0.4) is 0 Å². The van der Waals surface area contributed by atoms with E-state index in [0.717, 1.165) is 45.2 Å². The number of benzene rings is 1. The van der Waals surface area contributed by atoms with Crippen molar-refractivity contribution in [3.63, 3.8) is 0 Å². The molecule has 1 spiro atoms. The van der Waals surface area contributed by atoms with E-state index in [1.54, 1.807) is 4.90 Å². The molecule has 1 atom stereocenters. The molecule has 0 radical (unpaired) electrons. The molecule has 0 bridgehead atoms. The van der Waals surface area contributed by atoms with Gasteiger partial charge in [0.25, 0.3) is 5.91 Å². The fraction of sp³-hybridized carbons (Fsp3) is 0.667. The van der Waals surface area contributed by atoms with Crippen molar-refractivity contribution in [1.82, 2.24) is 14.7 Å². The number of nitrogens with zero attached hydrogens (tertiary/aromatic N) is 3. The van der Waals surface area contributed by atoms with E-state index < -0.39 is 5.54 Å². The molecule has 3 amide bonds. The number of carbonyl (C=O) groups excluding carboxylic acids is 2. The fourth-order valence-electron chi connectivity index (χ4n) is 5.47. The minimum atomic E-state index is -0.639. The predicted octanol–water partition coefficient (Wildman–Crippen LogP) is 3.71. The molecular weight excluding hydrogens is 362 g/mol. The van der Waals surface area contributed by atoms with E-state index in [1.807, 2.05) is 17.0 Å². The van der Waals surface area contributed by atoms with Gasteiger partial charge in [-0.15, -0.1) is 0 Å². The van der Waals surface area contributed by atoms with Gasteiger partial charge in [0.2, 0.25) is 0 Å². The highest BCUT2D eigenvalue weighted by molar-refractivity contribution is 6.07. The van der Waals surface area contributed by atoms with Crippen molar-refractivity contribution in [1.29, 1.82) is 0 Å². The fourth-order valence-corrected chi connectivity index (χ4v) is 5.47. The lowest BCUT2D eigenvalue weighted by Gasteiger charge is -2.44. The quantitative estimate of drug-likeness (QED) is 0.712. The van der Waals surface area contributed by atoms with E-state index in [1.165, 1.54) is 11.1 Å². The highest BCUT2D eigenvalue weighted by atomic mass is 16.2. The summed E-state index contributed by atoms with van der Waals surface area (Å²) in [5.41, 5.74) is 1.92. The molecule has 2 saturated heterocycles. The lowest BCUT2D eigenvalue weighted by molar-refractivity contribution is -0.137. The van der Waals surface area contributed by atoms with Crippen molar-refractivity contribution in [3.8, 4) is 0 Å². The number of carbonyl (C=O) groups is 2. The highest BCUT2D eigenvalue weighted by Crippen LogP contribution is 2.41. The molecule has 29 heavy (non-hydrogen) atoms. The summed E-state index contributed by atoms with van der Waals surface area (Å²) in [6, 6.07) is 8.79. The second-order valence-corrected chi connectivity index (χ2v) is 9.62. The van der Waals surface area contributed by atoms with Gasteiger partial charge in [0.1, 0.15) is 5.54 Å². The maximum atomic E-state index is 13.8. The molecule has 0 N–H and O–H groups in total. The van der Waals surface area contributed by atoms with Crippen LogP contribution in [0.4, 0.5) is 4.79 Å². The third-order valence-electron chi connectivity index (χ3n) is 7.35. The molecular formula is C24H35N3O2. The molecule has 158 valence electrons. The first kappa shape index (κ1) is 20.4. The van der Waals surface area contributed by atoms with Gasteiger partial charge in [-0.3, -0.25) is 9.69 Å². The molecule has 2 heterocycles. The molecule has 1 aromatic carbocycles. The van der Waals surface area contributed by atoms with Crippen molar-refractivity contribution in [2.24, 2.45) is 5.92 Å². The Morgan fingerprint density at radius 3 is 2.14 bits per heavy atom. The predicted molar refractivity (Wildman–Crippen MR) is 115 cm³/mol. The maximum Gasteiger partial charge on any atom is 0.327 e. The summed E-state index contributed by atoms with van der Waals surface area (Å²) in [4.78, 5) is 33.4. The summed E-state index contributed by atoms with van der Waals surface area (Å²) in [5.74, 6) is 0.404. The van der Waals surface area contributed by atoms with Crippen molar-refractivity contribution in [3.05, 3.63) is 35.4 Å². The second kappa shape index (κ2) is 7.75. The van der Waals surface area contributed by atoms with Gasteiger partial charge >= 0.3 is 6.03 Å². The number of rotatable bonds is 5. The van der Waals surface area contributed by atoms with Crippen LogP contribution in [0.5, 0.6) is 0 Å². The van der Waals surface area contributed by atoms with Crippen LogP contribution < -0.4 is 0 Å². The number of fused-ring (bicyclic) bond motifs is 1. The van der Waals surface area contributed by atoms with Crippen LogP contribution in [-0.4, -0.2) is 63.9 Å². The van der Waals surface area contributed by atoms with Gasteiger partial charge < -0.3 is 9.80 Å². The van der Waals surface area contributed by atoms with Crippen molar-refractivity contribution in [2.45, 2.75) is 77.4 Å². The first-order valence-corrected chi connectivity index (χ1v) is 11.3. The van der Waals surface area contributed by atoms with Crippen molar-refractivity contribution in [2.75, 3.05) is 19.6 Å². The van der Waals surface area contributed by atoms with E-state index in [4.69, 9.17) is 0 Å². The van der Waals surface area contributed by atoms with E-state index in [9.17, 15) is 9.59 Å². The Labute approximate surface area is 175 Å².